The first-order chi connectivity index (χ1) is 12.8. The van der Waals surface area contributed by atoms with Gasteiger partial charge in [0.1, 0.15) is 0 Å². The highest BCUT2D eigenvalue weighted by Crippen LogP contribution is 2.29. The van der Waals surface area contributed by atoms with E-state index in [9.17, 15) is 0 Å². The molecule has 0 radical (unpaired) electrons. The lowest BCUT2D eigenvalue weighted by atomic mass is 9.87. The van der Waals surface area contributed by atoms with Crippen molar-refractivity contribution in [1.29, 1.82) is 0 Å². The van der Waals surface area contributed by atoms with Gasteiger partial charge in [-0.2, -0.15) is 5.10 Å². The molecular weight excluding hydrogens is 322 g/mol. The Morgan fingerprint density at radius 2 is 1.88 bits per heavy atom. The molecule has 1 aromatic heterocycles. The maximum atomic E-state index is 4.45. The molecular formula is C21H37N5. The Labute approximate surface area is 159 Å². The van der Waals surface area contributed by atoms with Gasteiger partial charge in [-0.15, -0.1) is 0 Å². The van der Waals surface area contributed by atoms with E-state index in [2.05, 4.69) is 38.1 Å². The monoisotopic (exact) mass is 359 g/mol. The van der Waals surface area contributed by atoms with Gasteiger partial charge in [0.15, 0.2) is 0 Å². The van der Waals surface area contributed by atoms with E-state index in [1.807, 2.05) is 12.3 Å². The van der Waals surface area contributed by atoms with Crippen molar-refractivity contribution in [2.75, 3.05) is 39.8 Å². The highest BCUT2D eigenvalue weighted by Gasteiger charge is 2.34. The molecule has 1 aromatic rings. The molecule has 146 valence electrons. The maximum Gasteiger partial charge on any atom is 0.0543 e. The molecule has 3 aliphatic rings. The van der Waals surface area contributed by atoms with Crippen molar-refractivity contribution < 1.29 is 0 Å². The minimum Gasteiger partial charge on any atom is -0.315 e. The molecule has 0 spiro atoms. The summed E-state index contributed by atoms with van der Waals surface area (Å²) in [5.41, 5.74) is 0. The summed E-state index contributed by atoms with van der Waals surface area (Å²) < 4.78 is 2.17. The molecule has 3 heterocycles. The molecule has 1 saturated carbocycles. The van der Waals surface area contributed by atoms with E-state index in [0.717, 1.165) is 18.0 Å². The van der Waals surface area contributed by atoms with E-state index in [1.165, 1.54) is 84.1 Å². The van der Waals surface area contributed by atoms with Gasteiger partial charge in [0.25, 0.3) is 0 Å². The maximum absolute atomic E-state index is 4.45. The van der Waals surface area contributed by atoms with Crippen molar-refractivity contribution in [1.82, 2.24) is 24.9 Å². The third-order valence-electron chi connectivity index (χ3n) is 7.21. The minimum atomic E-state index is 0.606. The number of nitrogens with zero attached hydrogens (tertiary/aromatic N) is 4. The molecule has 4 rings (SSSR count). The van der Waals surface area contributed by atoms with Gasteiger partial charge in [-0.05, 0) is 57.7 Å². The lowest BCUT2D eigenvalue weighted by Crippen LogP contribution is -2.56. The van der Waals surface area contributed by atoms with Crippen LogP contribution in [0.25, 0.3) is 0 Å². The standard InChI is InChI=1S/C21H37N5/c1-24(19-6-3-2-4-7-19)21-16-22-12-8-18(21)17-25-14-9-20(10-15-25)26-13-5-11-23-26/h5,11,13,18-22H,2-4,6-10,12,14-17H2,1H3. The predicted molar refractivity (Wildman–Crippen MR) is 106 cm³/mol. The molecule has 5 heteroatoms. The topological polar surface area (TPSA) is 36.3 Å². The predicted octanol–water partition coefficient (Wildman–Crippen LogP) is 2.76. The normalized spacial score (nSPS) is 30.1. The van der Waals surface area contributed by atoms with E-state index in [1.54, 1.807) is 0 Å². The van der Waals surface area contributed by atoms with Crippen molar-refractivity contribution >= 4 is 0 Å². The second-order valence-corrected chi connectivity index (χ2v) is 8.80. The fraction of sp³-hybridized carbons (Fsp3) is 0.857. The van der Waals surface area contributed by atoms with Crippen LogP contribution in [0.1, 0.15) is 57.4 Å². The summed E-state index contributed by atoms with van der Waals surface area (Å²) in [4.78, 5) is 5.49. The first-order valence-corrected chi connectivity index (χ1v) is 11.0. The molecule has 0 amide bonds. The zero-order chi connectivity index (χ0) is 17.8. The van der Waals surface area contributed by atoms with Crippen LogP contribution in [0.2, 0.25) is 0 Å². The number of piperidine rings is 2. The van der Waals surface area contributed by atoms with Crippen LogP contribution in [-0.4, -0.2) is 71.4 Å². The van der Waals surface area contributed by atoms with Gasteiger partial charge in [0.05, 0.1) is 6.04 Å². The van der Waals surface area contributed by atoms with Crippen LogP contribution in [0.4, 0.5) is 0 Å². The van der Waals surface area contributed by atoms with Crippen LogP contribution in [0.3, 0.4) is 0 Å². The summed E-state index contributed by atoms with van der Waals surface area (Å²) in [7, 11) is 2.41. The second kappa shape index (κ2) is 8.85. The Kier molecular flexibility index (Phi) is 6.28. The molecule has 1 aliphatic carbocycles. The number of likely N-dealkylation sites (tertiary alicyclic amines) is 1. The molecule has 0 bridgehead atoms. The highest BCUT2D eigenvalue weighted by atomic mass is 15.3. The lowest BCUT2D eigenvalue weighted by molar-refractivity contribution is 0.0527. The van der Waals surface area contributed by atoms with E-state index in [4.69, 9.17) is 0 Å². The Morgan fingerprint density at radius 3 is 2.62 bits per heavy atom. The van der Waals surface area contributed by atoms with E-state index in [-0.39, 0.29) is 0 Å². The lowest BCUT2D eigenvalue weighted by Gasteiger charge is -2.45. The Hall–Kier alpha value is -0.910. The number of likely N-dealkylation sites (N-methyl/N-ethyl adjacent to an activating group) is 1. The third kappa shape index (κ3) is 4.32. The van der Waals surface area contributed by atoms with Gasteiger partial charge >= 0.3 is 0 Å². The number of hydrogen-bond acceptors (Lipinski definition) is 4. The van der Waals surface area contributed by atoms with Gasteiger partial charge in [-0.25, -0.2) is 0 Å². The smallest absolute Gasteiger partial charge is 0.0543 e. The average Bonchev–Trinajstić information content (AvgIpc) is 3.24. The molecule has 2 unspecified atom stereocenters. The van der Waals surface area contributed by atoms with Crippen LogP contribution in [0.5, 0.6) is 0 Å². The minimum absolute atomic E-state index is 0.606. The molecule has 3 fully saturated rings. The molecule has 1 N–H and O–H groups in total. The highest BCUT2D eigenvalue weighted by molar-refractivity contribution is 4.91. The number of nitrogens with one attached hydrogen (secondary N) is 1. The second-order valence-electron chi connectivity index (χ2n) is 8.80. The van der Waals surface area contributed by atoms with Crippen LogP contribution >= 0.6 is 0 Å². The molecule has 0 aromatic carbocycles. The molecule has 2 aliphatic heterocycles. The number of aromatic nitrogens is 2. The zero-order valence-corrected chi connectivity index (χ0v) is 16.5. The van der Waals surface area contributed by atoms with Crippen LogP contribution in [0, 0.1) is 5.92 Å². The Bertz CT molecular complexity index is 517. The van der Waals surface area contributed by atoms with Crippen molar-refractivity contribution in [2.24, 2.45) is 5.92 Å². The number of hydrogen-bond donors (Lipinski definition) is 1. The molecule has 2 saturated heterocycles. The zero-order valence-electron chi connectivity index (χ0n) is 16.5. The van der Waals surface area contributed by atoms with Gasteiger partial charge < -0.3 is 10.2 Å². The van der Waals surface area contributed by atoms with Crippen molar-refractivity contribution in [3.05, 3.63) is 18.5 Å². The molecule has 5 nitrogen and oxygen atoms in total. The summed E-state index contributed by atoms with van der Waals surface area (Å²) in [6, 6.07) is 4.19. The first-order valence-electron chi connectivity index (χ1n) is 11.0. The van der Waals surface area contributed by atoms with Gasteiger partial charge in [0, 0.05) is 50.7 Å². The van der Waals surface area contributed by atoms with E-state index >= 15 is 0 Å². The van der Waals surface area contributed by atoms with Crippen LogP contribution < -0.4 is 5.32 Å². The van der Waals surface area contributed by atoms with E-state index < -0.39 is 0 Å². The quantitative estimate of drug-likeness (QED) is 0.877. The molecule has 26 heavy (non-hydrogen) atoms. The fourth-order valence-corrected chi connectivity index (χ4v) is 5.54. The summed E-state index contributed by atoms with van der Waals surface area (Å²) >= 11 is 0. The third-order valence-corrected chi connectivity index (χ3v) is 7.21. The van der Waals surface area contributed by atoms with Crippen molar-refractivity contribution in [3.8, 4) is 0 Å². The largest absolute Gasteiger partial charge is 0.315 e. The summed E-state index contributed by atoms with van der Waals surface area (Å²) in [6.45, 7) is 6.13. The fourth-order valence-electron chi connectivity index (χ4n) is 5.54. The Balaban J connectivity index is 1.31. The van der Waals surface area contributed by atoms with Gasteiger partial charge in [-0.1, -0.05) is 19.3 Å². The Morgan fingerprint density at radius 1 is 1.08 bits per heavy atom. The SMILES string of the molecule is CN(C1CCCCC1)C1CNCCC1CN1CCC(n2cccn2)CC1. The van der Waals surface area contributed by atoms with Crippen molar-refractivity contribution in [2.45, 2.75) is 69.5 Å². The summed E-state index contributed by atoms with van der Waals surface area (Å²) in [5.74, 6) is 0.824. The molecule has 2 atom stereocenters. The summed E-state index contributed by atoms with van der Waals surface area (Å²) in [6.07, 6.45) is 15.0. The average molecular weight is 360 g/mol. The van der Waals surface area contributed by atoms with Crippen LogP contribution in [-0.2, 0) is 0 Å². The van der Waals surface area contributed by atoms with Gasteiger partial charge in [0.2, 0.25) is 0 Å². The van der Waals surface area contributed by atoms with Crippen LogP contribution in [0.15, 0.2) is 18.5 Å². The van der Waals surface area contributed by atoms with Gasteiger partial charge in [-0.3, -0.25) is 9.58 Å². The van der Waals surface area contributed by atoms with E-state index in [0.29, 0.717) is 6.04 Å². The van der Waals surface area contributed by atoms with Crippen molar-refractivity contribution in [3.63, 3.8) is 0 Å². The number of rotatable bonds is 5. The first kappa shape index (κ1) is 18.5. The summed E-state index contributed by atoms with van der Waals surface area (Å²) in [5, 5.41) is 8.13.